The number of ether oxygens (including phenoxy) is 1. The van der Waals surface area contributed by atoms with E-state index >= 15 is 0 Å². The third-order valence-electron chi connectivity index (χ3n) is 6.32. The average Bonchev–Trinajstić information content (AvgIpc) is 2.97. The number of benzene rings is 2. The minimum absolute atomic E-state index is 0.254. The van der Waals surface area contributed by atoms with Gasteiger partial charge in [-0.3, -0.25) is 9.11 Å². The quantitative estimate of drug-likeness (QED) is 0.722. The number of hydrogen-bond acceptors (Lipinski definition) is 3. The zero-order valence-electron chi connectivity index (χ0n) is 16.0. The molecule has 0 spiro atoms. The van der Waals surface area contributed by atoms with Gasteiger partial charge in [-0.05, 0) is 49.8 Å². The zero-order valence-corrected chi connectivity index (χ0v) is 16.9. The summed E-state index contributed by atoms with van der Waals surface area (Å²) in [4.78, 5) is 3.60. The van der Waals surface area contributed by atoms with Crippen molar-refractivity contribution in [3.8, 4) is 0 Å². The Balaban J connectivity index is 1.42. The van der Waals surface area contributed by atoms with Crippen LogP contribution in [0.3, 0.4) is 0 Å². The Hall–Kier alpha value is -1.49. The highest BCUT2D eigenvalue weighted by atomic mass is 32.2. The second-order valence-electron chi connectivity index (χ2n) is 7.96. The van der Waals surface area contributed by atoms with Crippen LogP contribution in [0.5, 0.6) is 0 Å². The van der Waals surface area contributed by atoms with Gasteiger partial charge in [-0.25, -0.2) is 0 Å². The van der Waals surface area contributed by atoms with Gasteiger partial charge in [-0.1, -0.05) is 48.5 Å². The van der Waals surface area contributed by atoms with Gasteiger partial charge in [0, 0.05) is 30.6 Å². The minimum Gasteiger partial charge on any atom is -0.377 e. The zero-order chi connectivity index (χ0) is 18.7. The maximum Gasteiger partial charge on any atom is 0.0826 e. The van der Waals surface area contributed by atoms with Crippen LogP contribution in [-0.2, 0) is 22.0 Å². The van der Waals surface area contributed by atoms with Crippen molar-refractivity contribution in [3.63, 3.8) is 0 Å². The van der Waals surface area contributed by atoms with E-state index in [0.29, 0.717) is 17.8 Å². The normalized spacial score (nSPS) is 28.9. The highest BCUT2D eigenvalue weighted by Crippen LogP contribution is 2.43. The monoisotopic (exact) mass is 383 g/mol. The van der Waals surface area contributed by atoms with Crippen molar-refractivity contribution >= 4 is 10.8 Å². The minimum atomic E-state index is -1.01. The van der Waals surface area contributed by atoms with E-state index in [1.807, 2.05) is 30.3 Å². The maximum absolute atomic E-state index is 12.9. The average molecular weight is 384 g/mol. The summed E-state index contributed by atoms with van der Waals surface area (Å²) in [6.07, 6.45) is 5.57. The van der Waals surface area contributed by atoms with E-state index in [1.165, 1.54) is 18.4 Å². The fourth-order valence-electron chi connectivity index (χ4n) is 4.90. The lowest BCUT2D eigenvalue weighted by Gasteiger charge is -2.45. The van der Waals surface area contributed by atoms with Gasteiger partial charge < -0.3 is 4.74 Å². The van der Waals surface area contributed by atoms with Crippen molar-refractivity contribution in [2.75, 3.05) is 19.4 Å². The van der Waals surface area contributed by atoms with Crippen LogP contribution in [0.2, 0.25) is 0 Å². The lowest BCUT2D eigenvalue weighted by atomic mass is 9.87. The standard InChI is InChI=1S/C23H29NO2S/c1-26-23(18-27(25)22-10-6-3-7-11-22)16-20-12-13-21(17-23)24(20)15-14-19-8-4-2-5-9-19/h2-11,20-21H,12-18H2,1H3. The summed E-state index contributed by atoms with van der Waals surface area (Å²) >= 11 is 0. The van der Waals surface area contributed by atoms with Gasteiger partial charge in [0.05, 0.1) is 22.2 Å². The molecule has 2 bridgehead atoms. The van der Waals surface area contributed by atoms with Crippen LogP contribution in [0, 0.1) is 0 Å². The smallest absolute Gasteiger partial charge is 0.0826 e. The van der Waals surface area contributed by atoms with Crippen molar-refractivity contribution in [1.29, 1.82) is 0 Å². The van der Waals surface area contributed by atoms with Crippen LogP contribution in [-0.4, -0.2) is 46.2 Å². The highest BCUT2D eigenvalue weighted by Gasteiger charge is 2.49. The molecule has 4 rings (SSSR count). The van der Waals surface area contributed by atoms with E-state index in [0.717, 1.165) is 30.7 Å². The maximum atomic E-state index is 12.9. The van der Waals surface area contributed by atoms with Crippen LogP contribution in [0.15, 0.2) is 65.6 Å². The van der Waals surface area contributed by atoms with Gasteiger partial charge in [0.15, 0.2) is 0 Å². The first-order valence-electron chi connectivity index (χ1n) is 9.97. The van der Waals surface area contributed by atoms with Gasteiger partial charge in [0.2, 0.25) is 0 Å². The fourth-order valence-corrected chi connectivity index (χ4v) is 6.36. The van der Waals surface area contributed by atoms with E-state index in [1.54, 1.807) is 7.11 Å². The molecule has 0 aromatic heterocycles. The van der Waals surface area contributed by atoms with E-state index in [2.05, 4.69) is 35.2 Å². The second kappa shape index (κ2) is 8.26. The first-order chi connectivity index (χ1) is 13.2. The summed E-state index contributed by atoms with van der Waals surface area (Å²) in [6, 6.07) is 21.7. The van der Waals surface area contributed by atoms with Gasteiger partial charge in [0.25, 0.3) is 0 Å². The summed E-state index contributed by atoms with van der Waals surface area (Å²) in [5.41, 5.74) is 1.15. The number of hydrogen-bond donors (Lipinski definition) is 0. The molecule has 27 heavy (non-hydrogen) atoms. The lowest BCUT2D eigenvalue weighted by Crippen LogP contribution is -2.54. The molecule has 0 amide bonds. The van der Waals surface area contributed by atoms with Crippen LogP contribution in [0.1, 0.15) is 31.2 Å². The Kier molecular flexibility index (Phi) is 5.76. The van der Waals surface area contributed by atoms with Crippen molar-refractivity contribution in [3.05, 3.63) is 66.2 Å². The van der Waals surface area contributed by atoms with Crippen molar-refractivity contribution in [2.45, 2.75) is 54.7 Å². The first kappa shape index (κ1) is 18.9. The molecule has 2 heterocycles. The third kappa shape index (κ3) is 4.18. The molecule has 0 N–H and O–H groups in total. The van der Waals surface area contributed by atoms with Gasteiger partial charge in [-0.15, -0.1) is 0 Å². The topological polar surface area (TPSA) is 29.5 Å². The Morgan fingerprint density at radius 1 is 1.00 bits per heavy atom. The van der Waals surface area contributed by atoms with Gasteiger partial charge in [0.1, 0.15) is 0 Å². The van der Waals surface area contributed by atoms with Crippen LogP contribution in [0.25, 0.3) is 0 Å². The molecule has 2 saturated heterocycles. The summed E-state index contributed by atoms with van der Waals surface area (Å²) in [6.45, 7) is 1.11. The van der Waals surface area contributed by atoms with E-state index < -0.39 is 10.8 Å². The molecule has 2 fully saturated rings. The van der Waals surface area contributed by atoms with Crippen molar-refractivity contribution < 1.29 is 8.95 Å². The summed E-state index contributed by atoms with van der Waals surface area (Å²) in [5, 5.41) is 0. The Labute approximate surface area is 165 Å². The molecule has 0 radical (unpaired) electrons. The Morgan fingerprint density at radius 3 is 2.19 bits per heavy atom. The lowest BCUT2D eigenvalue weighted by molar-refractivity contribution is -0.0650. The van der Waals surface area contributed by atoms with E-state index in [-0.39, 0.29) is 5.60 Å². The molecular weight excluding hydrogens is 354 g/mol. The number of rotatable bonds is 7. The largest absolute Gasteiger partial charge is 0.377 e. The van der Waals surface area contributed by atoms with E-state index in [9.17, 15) is 4.21 Å². The van der Waals surface area contributed by atoms with E-state index in [4.69, 9.17) is 4.74 Å². The molecule has 3 unspecified atom stereocenters. The predicted octanol–water partition coefficient (Wildman–Crippen LogP) is 4.05. The van der Waals surface area contributed by atoms with Crippen molar-refractivity contribution in [1.82, 2.24) is 4.90 Å². The molecule has 2 aliphatic heterocycles. The summed E-state index contributed by atoms with van der Waals surface area (Å²) in [7, 11) is 0.796. The fraction of sp³-hybridized carbons (Fsp3) is 0.478. The van der Waals surface area contributed by atoms with Gasteiger partial charge >= 0.3 is 0 Å². The number of piperidine rings is 1. The molecule has 2 aliphatic rings. The molecule has 2 aromatic rings. The second-order valence-corrected chi connectivity index (χ2v) is 9.41. The Bertz CT molecular complexity index is 750. The predicted molar refractivity (Wildman–Crippen MR) is 110 cm³/mol. The summed E-state index contributed by atoms with van der Waals surface area (Å²) in [5.74, 6) is 0.604. The highest BCUT2D eigenvalue weighted by molar-refractivity contribution is 7.85. The third-order valence-corrected chi connectivity index (χ3v) is 7.91. The van der Waals surface area contributed by atoms with Crippen LogP contribution < -0.4 is 0 Å². The molecule has 144 valence electrons. The number of nitrogens with zero attached hydrogens (tertiary/aromatic N) is 1. The number of fused-ring (bicyclic) bond motifs is 2. The first-order valence-corrected chi connectivity index (χ1v) is 11.3. The molecule has 3 atom stereocenters. The molecule has 3 nitrogen and oxygen atoms in total. The summed E-state index contributed by atoms with van der Waals surface area (Å²) < 4.78 is 19.0. The molecular formula is C23H29NO2S. The molecule has 0 aliphatic carbocycles. The van der Waals surface area contributed by atoms with Gasteiger partial charge in [-0.2, -0.15) is 0 Å². The molecule has 2 aromatic carbocycles. The molecule has 0 saturated carbocycles. The van der Waals surface area contributed by atoms with Crippen molar-refractivity contribution in [2.24, 2.45) is 0 Å². The van der Waals surface area contributed by atoms with Crippen LogP contribution in [0.4, 0.5) is 0 Å². The Morgan fingerprint density at radius 2 is 1.59 bits per heavy atom. The SMILES string of the molecule is COC1(CS(=O)c2ccccc2)CC2CCC(C1)N2CCc1ccccc1. The molecule has 4 heteroatoms. The van der Waals surface area contributed by atoms with Crippen LogP contribution >= 0.6 is 0 Å². The number of methoxy groups -OCH3 is 1.